The third-order valence-corrected chi connectivity index (χ3v) is 5.24. The van der Waals surface area contributed by atoms with E-state index in [9.17, 15) is 23.4 Å². The van der Waals surface area contributed by atoms with Gasteiger partial charge in [0, 0.05) is 36.9 Å². The summed E-state index contributed by atoms with van der Waals surface area (Å²) in [7, 11) is 1.73. The molecule has 2 atom stereocenters. The van der Waals surface area contributed by atoms with Crippen LogP contribution in [0.25, 0.3) is 5.57 Å². The summed E-state index contributed by atoms with van der Waals surface area (Å²) in [5.74, 6) is -0.399. The molecule has 0 spiro atoms. The van der Waals surface area contributed by atoms with Gasteiger partial charge in [0.15, 0.2) is 0 Å². The van der Waals surface area contributed by atoms with Crippen molar-refractivity contribution in [1.82, 2.24) is 9.78 Å². The van der Waals surface area contributed by atoms with E-state index in [0.717, 1.165) is 5.56 Å². The Hall–Kier alpha value is -2.38. The number of aryl methyl sites for hydroxylation is 1. The van der Waals surface area contributed by atoms with Crippen molar-refractivity contribution in [2.45, 2.75) is 38.0 Å². The lowest BCUT2D eigenvalue weighted by atomic mass is 9.86. The van der Waals surface area contributed by atoms with E-state index in [4.69, 9.17) is 0 Å². The van der Waals surface area contributed by atoms with Gasteiger partial charge in [0.1, 0.15) is 0 Å². The van der Waals surface area contributed by atoms with E-state index < -0.39 is 17.7 Å². The van der Waals surface area contributed by atoms with E-state index in [1.54, 1.807) is 50.1 Å². The normalized spacial score (nSPS) is 23.8. The molecular formula is C21H23F3N2O2. The minimum Gasteiger partial charge on any atom is -0.396 e. The van der Waals surface area contributed by atoms with E-state index in [0.29, 0.717) is 16.7 Å². The second-order valence-corrected chi connectivity index (χ2v) is 7.20. The summed E-state index contributed by atoms with van der Waals surface area (Å²) in [5.41, 5.74) is -1.44. The maximum absolute atomic E-state index is 14.2. The first-order chi connectivity index (χ1) is 13.1. The average Bonchev–Trinajstić information content (AvgIpc) is 3.16. The van der Waals surface area contributed by atoms with Crippen LogP contribution in [0.3, 0.4) is 0 Å². The Kier molecular flexibility index (Phi) is 5.25. The lowest BCUT2D eigenvalue weighted by Gasteiger charge is -2.29. The van der Waals surface area contributed by atoms with Crippen LogP contribution in [0.5, 0.6) is 0 Å². The van der Waals surface area contributed by atoms with Crippen LogP contribution in [-0.2, 0) is 12.6 Å². The molecule has 0 saturated carbocycles. The molecule has 1 aliphatic carbocycles. The zero-order chi connectivity index (χ0) is 20.7. The summed E-state index contributed by atoms with van der Waals surface area (Å²) >= 11 is 0. The number of hydrogen-bond acceptors (Lipinski definition) is 3. The van der Waals surface area contributed by atoms with Crippen LogP contribution in [0, 0.1) is 0 Å². The standard InChI is InChI=1S/C21H23F3N2O2/c1-13(8-9-27)19-16-6-4-5-7-17(16)20(28,21(22,23)24)18(19)10-14(2)15-11-25-26(3)12-15/h4-7,10-12,14,27-28H,8-9H2,1-3H3/b18-10+,19-13+. The SMILES string of the molecule is C/C(CCO)=C1\C(=C/C(C)c2cnn(C)c2)C(O)(C(F)(F)F)c2ccccc21. The van der Waals surface area contributed by atoms with E-state index in [1.165, 1.54) is 18.2 Å². The zero-order valence-corrected chi connectivity index (χ0v) is 16.0. The van der Waals surface area contributed by atoms with Crippen LogP contribution in [0.2, 0.25) is 0 Å². The van der Waals surface area contributed by atoms with Crippen LogP contribution >= 0.6 is 0 Å². The average molecular weight is 392 g/mol. The van der Waals surface area contributed by atoms with Crippen molar-refractivity contribution in [3.05, 3.63) is 70.6 Å². The minimum atomic E-state index is -4.90. The first kappa shape index (κ1) is 20.4. The Bertz CT molecular complexity index is 943. The molecule has 3 rings (SSSR count). The minimum absolute atomic E-state index is 0.181. The third kappa shape index (κ3) is 3.18. The largest absolute Gasteiger partial charge is 0.425 e. The van der Waals surface area contributed by atoms with Gasteiger partial charge in [-0.25, -0.2) is 0 Å². The molecule has 1 aliphatic rings. The van der Waals surface area contributed by atoms with Gasteiger partial charge in [-0.3, -0.25) is 4.68 Å². The van der Waals surface area contributed by atoms with E-state index in [-0.39, 0.29) is 24.2 Å². The number of hydrogen-bond donors (Lipinski definition) is 2. The second kappa shape index (κ2) is 7.22. The van der Waals surface area contributed by atoms with Crippen LogP contribution < -0.4 is 0 Å². The number of allylic oxidation sites excluding steroid dienone is 1. The van der Waals surface area contributed by atoms with Crippen LogP contribution in [0.1, 0.15) is 42.9 Å². The number of aliphatic hydroxyl groups is 2. The van der Waals surface area contributed by atoms with Gasteiger partial charge in [-0.05, 0) is 30.0 Å². The fourth-order valence-corrected chi connectivity index (χ4v) is 3.77. The maximum atomic E-state index is 14.2. The molecule has 1 heterocycles. The van der Waals surface area contributed by atoms with Gasteiger partial charge in [0.05, 0.1) is 6.20 Å². The molecule has 4 nitrogen and oxygen atoms in total. The van der Waals surface area contributed by atoms with Crippen molar-refractivity contribution in [2.75, 3.05) is 6.61 Å². The quantitative estimate of drug-likeness (QED) is 0.825. The summed E-state index contributed by atoms with van der Waals surface area (Å²) in [4.78, 5) is 0. The number of halogens is 3. The van der Waals surface area contributed by atoms with Crippen molar-refractivity contribution in [1.29, 1.82) is 0 Å². The molecular weight excluding hydrogens is 369 g/mol. The Morgan fingerprint density at radius 2 is 2.00 bits per heavy atom. The number of benzene rings is 1. The van der Waals surface area contributed by atoms with Crippen LogP contribution in [0.15, 0.2) is 53.9 Å². The zero-order valence-electron chi connectivity index (χ0n) is 16.0. The molecule has 2 N–H and O–H groups in total. The number of fused-ring (bicyclic) bond motifs is 1. The molecule has 1 aromatic carbocycles. The fourth-order valence-electron chi connectivity index (χ4n) is 3.77. The lowest BCUT2D eigenvalue weighted by molar-refractivity contribution is -0.246. The molecule has 0 fully saturated rings. The number of alkyl halides is 3. The Morgan fingerprint density at radius 1 is 1.32 bits per heavy atom. The summed E-state index contributed by atoms with van der Waals surface area (Å²) in [5, 5.41) is 24.4. The molecule has 150 valence electrons. The van der Waals surface area contributed by atoms with E-state index in [2.05, 4.69) is 5.10 Å². The first-order valence-corrected chi connectivity index (χ1v) is 9.02. The van der Waals surface area contributed by atoms with Crippen molar-refractivity contribution in [3.8, 4) is 0 Å². The smallest absolute Gasteiger partial charge is 0.396 e. The third-order valence-electron chi connectivity index (χ3n) is 5.24. The van der Waals surface area contributed by atoms with Crippen molar-refractivity contribution < 1.29 is 23.4 Å². The number of aliphatic hydroxyl groups excluding tert-OH is 1. The summed E-state index contributed by atoms with van der Waals surface area (Å²) < 4.78 is 44.1. The molecule has 0 radical (unpaired) electrons. The van der Waals surface area contributed by atoms with Crippen LogP contribution in [-0.4, -0.2) is 32.8 Å². The molecule has 7 heteroatoms. The predicted octanol–water partition coefficient (Wildman–Crippen LogP) is 4.07. The van der Waals surface area contributed by atoms with Gasteiger partial charge < -0.3 is 10.2 Å². The Balaban J connectivity index is 2.29. The molecule has 1 aromatic heterocycles. The fraction of sp³-hybridized carbons (Fsp3) is 0.381. The molecule has 0 aliphatic heterocycles. The molecule has 0 amide bonds. The number of rotatable bonds is 4. The summed E-state index contributed by atoms with van der Waals surface area (Å²) in [6.07, 6.45) is 0.114. The van der Waals surface area contributed by atoms with Gasteiger partial charge >= 0.3 is 6.18 Å². The highest BCUT2D eigenvalue weighted by Crippen LogP contribution is 2.57. The molecule has 2 unspecified atom stereocenters. The summed E-state index contributed by atoms with van der Waals surface area (Å²) in [6.45, 7) is 3.27. The summed E-state index contributed by atoms with van der Waals surface area (Å²) in [6, 6.07) is 6.03. The number of nitrogens with zero attached hydrogens (tertiary/aromatic N) is 2. The van der Waals surface area contributed by atoms with Crippen LogP contribution in [0.4, 0.5) is 13.2 Å². The molecule has 2 aromatic rings. The van der Waals surface area contributed by atoms with Crippen molar-refractivity contribution >= 4 is 5.57 Å². The highest BCUT2D eigenvalue weighted by atomic mass is 19.4. The first-order valence-electron chi connectivity index (χ1n) is 9.02. The van der Waals surface area contributed by atoms with Gasteiger partial charge in [-0.2, -0.15) is 18.3 Å². The highest BCUT2D eigenvalue weighted by molar-refractivity contribution is 5.91. The Morgan fingerprint density at radius 3 is 2.57 bits per heavy atom. The number of aromatic nitrogens is 2. The van der Waals surface area contributed by atoms with Gasteiger partial charge in [-0.15, -0.1) is 0 Å². The van der Waals surface area contributed by atoms with E-state index in [1.807, 2.05) is 0 Å². The molecule has 0 bridgehead atoms. The lowest BCUT2D eigenvalue weighted by Crippen LogP contribution is -2.42. The van der Waals surface area contributed by atoms with Gasteiger partial charge in [-0.1, -0.05) is 42.8 Å². The predicted molar refractivity (Wildman–Crippen MR) is 100 cm³/mol. The second-order valence-electron chi connectivity index (χ2n) is 7.20. The molecule has 0 saturated heterocycles. The van der Waals surface area contributed by atoms with E-state index >= 15 is 0 Å². The Labute approximate surface area is 161 Å². The van der Waals surface area contributed by atoms with Gasteiger partial charge in [0.2, 0.25) is 5.60 Å². The molecule has 28 heavy (non-hydrogen) atoms. The van der Waals surface area contributed by atoms with Crippen molar-refractivity contribution in [2.24, 2.45) is 7.05 Å². The van der Waals surface area contributed by atoms with Gasteiger partial charge in [0.25, 0.3) is 0 Å². The van der Waals surface area contributed by atoms with Crippen molar-refractivity contribution in [3.63, 3.8) is 0 Å². The highest BCUT2D eigenvalue weighted by Gasteiger charge is 2.62. The maximum Gasteiger partial charge on any atom is 0.425 e. The monoisotopic (exact) mass is 392 g/mol. The topological polar surface area (TPSA) is 58.3 Å².